The van der Waals surface area contributed by atoms with E-state index in [1.807, 2.05) is 18.3 Å². The molecule has 0 saturated heterocycles. The lowest BCUT2D eigenvalue weighted by Crippen LogP contribution is -1.98. The van der Waals surface area contributed by atoms with E-state index in [0.29, 0.717) is 17.2 Å². The number of methoxy groups -OCH3 is 3. The summed E-state index contributed by atoms with van der Waals surface area (Å²) in [6.07, 6.45) is 3.63. The minimum absolute atomic E-state index is 0.565. The number of thiophene rings is 1. The van der Waals surface area contributed by atoms with Gasteiger partial charge in [0, 0.05) is 29.6 Å². The van der Waals surface area contributed by atoms with Crippen LogP contribution in [0, 0.1) is 0 Å². The molecule has 0 unspecified atom stereocenters. The Kier molecular flexibility index (Phi) is 4.86. The summed E-state index contributed by atoms with van der Waals surface area (Å²) in [6, 6.07) is 7.85. The fourth-order valence-electron chi connectivity index (χ4n) is 2.41. The predicted octanol–water partition coefficient (Wildman–Crippen LogP) is 4.58. The summed E-state index contributed by atoms with van der Waals surface area (Å²) in [5, 5.41) is 7.48. The van der Waals surface area contributed by atoms with Crippen molar-refractivity contribution in [2.75, 3.05) is 26.6 Å². The van der Waals surface area contributed by atoms with Crippen LogP contribution in [0.15, 0.2) is 47.4 Å². The number of aromatic nitrogens is 1. The van der Waals surface area contributed by atoms with Crippen molar-refractivity contribution in [2.45, 2.75) is 0 Å². The number of hydrogen-bond acceptors (Lipinski definition) is 6. The Labute approximate surface area is 144 Å². The highest BCUT2D eigenvalue weighted by Crippen LogP contribution is 2.40. The van der Waals surface area contributed by atoms with Crippen molar-refractivity contribution < 1.29 is 14.2 Å². The summed E-state index contributed by atoms with van der Waals surface area (Å²) < 4.78 is 16.1. The van der Waals surface area contributed by atoms with E-state index in [2.05, 4.69) is 33.2 Å². The molecular formula is C18H18N2O3S. The quantitative estimate of drug-likeness (QED) is 0.710. The second kappa shape index (κ2) is 7.23. The summed E-state index contributed by atoms with van der Waals surface area (Å²) in [5.74, 6) is 1.76. The molecule has 0 amide bonds. The van der Waals surface area contributed by atoms with Crippen LogP contribution in [0.3, 0.4) is 0 Å². The van der Waals surface area contributed by atoms with Gasteiger partial charge in [-0.3, -0.25) is 4.98 Å². The van der Waals surface area contributed by atoms with Crippen molar-refractivity contribution in [3.8, 4) is 28.4 Å². The van der Waals surface area contributed by atoms with Crippen LogP contribution in [-0.4, -0.2) is 26.3 Å². The van der Waals surface area contributed by atoms with Crippen LogP contribution in [-0.2, 0) is 0 Å². The van der Waals surface area contributed by atoms with Crippen molar-refractivity contribution in [1.82, 2.24) is 4.98 Å². The van der Waals surface area contributed by atoms with Gasteiger partial charge in [-0.15, -0.1) is 0 Å². The van der Waals surface area contributed by atoms with E-state index >= 15 is 0 Å². The van der Waals surface area contributed by atoms with Crippen LogP contribution in [0.4, 0.5) is 11.4 Å². The third-order valence-corrected chi connectivity index (χ3v) is 4.23. The first-order chi connectivity index (χ1) is 11.7. The fourth-order valence-corrected chi connectivity index (χ4v) is 3.08. The number of ether oxygens (including phenoxy) is 3. The Morgan fingerprint density at radius 1 is 0.875 bits per heavy atom. The van der Waals surface area contributed by atoms with Crippen LogP contribution >= 0.6 is 11.3 Å². The zero-order chi connectivity index (χ0) is 16.9. The SMILES string of the molecule is COc1cc(Nc2cncc(-c3ccsc3)c2)cc(OC)c1OC. The zero-order valence-electron chi connectivity index (χ0n) is 13.7. The normalized spacial score (nSPS) is 10.3. The Morgan fingerprint density at radius 3 is 2.21 bits per heavy atom. The summed E-state index contributed by atoms with van der Waals surface area (Å²) in [7, 11) is 4.78. The second-order valence-electron chi connectivity index (χ2n) is 5.01. The van der Waals surface area contributed by atoms with Gasteiger partial charge in [0.15, 0.2) is 11.5 Å². The van der Waals surface area contributed by atoms with Crippen molar-refractivity contribution in [3.63, 3.8) is 0 Å². The number of rotatable bonds is 6. The van der Waals surface area contributed by atoms with Gasteiger partial charge in [-0.25, -0.2) is 0 Å². The van der Waals surface area contributed by atoms with Crippen molar-refractivity contribution in [2.24, 2.45) is 0 Å². The van der Waals surface area contributed by atoms with Crippen LogP contribution in [0.25, 0.3) is 11.1 Å². The Balaban J connectivity index is 1.92. The lowest BCUT2D eigenvalue weighted by molar-refractivity contribution is 0.324. The van der Waals surface area contributed by atoms with Gasteiger partial charge in [0.25, 0.3) is 0 Å². The number of pyridine rings is 1. The second-order valence-corrected chi connectivity index (χ2v) is 5.79. The molecule has 24 heavy (non-hydrogen) atoms. The lowest BCUT2D eigenvalue weighted by atomic mass is 10.1. The van der Waals surface area contributed by atoms with Crippen molar-refractivity contribution >= 4 is 22.7 Å². The summed E-state index contributed by atoms with van der Waals surface area (Å²) in [4.78, 5) is 4.31. The molecule has 0 spiro atoms. The highest BCUT2D eigenvalue weighted by Gasteiger charge is 2.13. The van der Waals surface area contributed by atoms with Crippen LogP contribution in [0.1, 0.15) is 0 Å². The van der Waals surface area contributed by atoms with Crippen LogP contribution in [0.2, 0.25) is 0 Å². The van der Waals surface area contributed by atoms with Gasteiger partial charge in [-0.1, -0.05) is 0 Å². The lowest BCUT2D eigenvalue weighted by Gasteiger charge is -2.15. The molecule has 5 nitrogen and oxygen atoms in total. The summed E-state index contributed by atoms with van der Waals surface area (Å²) in [5.41, 5.74) is 3.93. The molecule has 3 aromatic rings. The minimum Gasteiger partial charge on any atom is -0.493 e. The van der Waals surface area contributed by atoms with Gasteiger partial charge in [-0.05, 0) is 28.5 Å². The molecule has 124 valence electrons. The van der Waals surface area contributed by atoms with E-state index in [1.165, 1.54) is 0 Å². The van der Waals surface area contributed by atoms with Crippen molar-refractivity contribution in [3.05, 3.63) is 47.4 Å². The van der Waals surface area contributed by atoms with E-state index in [9.17, 15) is 0 Å². The van der Waals surface area contributed by atoms with Gasteiger partial charge >= 0.3 is 0 Å². The van der Waals surface area contributed by atoms with E-state index in [0.717, 1.165) is 22.5 Å². The molecule has 0 radical (unpaired) electrons. The van der Waals surface area contributed by atoms with Gasteiger partial charge in [0.05, 0.1) is 33.2 Å². The van der Waals surface area contributed by atoms with Gasteiger partial charge in [0.2, 0.25) is 5.75 Å². The molecule has 0 aliphatic heterocycles. The average molecular weight is 342 g/mol. The summed E-state index contributed by atoms with van der Waals surface area (Å²) in [6.45, 7) is 0. The number of anilines is 2. The number of benzene rings is 1. The Hall–Kier alpha value is -2.73. The molecule has 0 saturated carbocycles. The predicted molar refractivity (Wildman–Crippen MR) is 96.9 cm³/mol. The molecule has 2 aromatic heterocycles. The first kappa shape index (κ1) is 16.1. The molecule has 0 atom stereocenters. The maximum absolute atomic E-state index is 5.38. The maximum Gasteiger partial charge on any atom is 0.203 e. The number of nitrogens with one attached hydrogen (secondary N) is 1. The number of hydrogen-bond donors (Lipinski definition) is 1. The summed E-state index contributed by atoms with van der Waals surface area (Å²) >= 11 is 1.66. The molecule has 6 heteroatoms. The molecule has 0 aliphatic rings. The molecule has 3 rings (SSSR count). The van der Waals surface area contributed by atoms with Gasteiger partial charge < -0.3 is 19.5 Å². The standard InChI is InChI=1S/C18H18N2O3S/c1-21-16-7-14(8-17(22-2)18(16)23-3)20-15-6-13(9-19-10-15)12-4-5-24-11-12/h4-11,20H,1-3H3. The molecule has 0 bridgehead atoms. The first-order valence-electron chi connectivity index (χ1n) is 7.30. The third-order valence-electron chi connectivity index (χ3n) is 3.55. The highest BCUT2D eigenvalue weighted by atomic mass is 32.1. The fraction of sp³-hybridized carbons (Fsp3) is 0.167. The Bertz CT molecular complexity index is 794. The maximum atomic E-state index is 5.38. The molecular weight excluding hydrogens is 324 g/mol. The average Bonchev–Trinajstić information content (AvgIpc) is 3.15. The Morgan fingerprint density at radius 2 is 1.62 bits per heavy atom. The van der Waals surface area contributed by atoms with Crippen LogP contribution < -0.4 is 19.5 Å². The zero-order valence-corrected chi connectivity index (χ0v) is 14.5. The van der Waals surface area contributed by atoms with E-state index < -0.39 is 0 Å². The largest absolute Gasteiger partial charge is 0.493 e. The van der Waals surface area contributed by atoms with E-state index in [1.54, 1.807) is 38.9 Å². The highest BCUT2D eigenvalue weighted by molar-refractivity contribution is 7.08. The van der Waals surface area contributed by atoms with Gasteiger partial charge in [-0.2, -0.15) is 11.3 Å². The number of nitrogens with zero attached hydrogens (tertiary/aromatic N) is 1. The molecule has 2 heterocycles. The van der Waals surface area contributed by atoms with E-state index in [4.69, 9.17) is 14.2 Å². The topological polar surface area (TPSA) is 52.6 Å². The molecule has 0 fully saturated rings. The third kappa shape index (κ3) is 3.28. The smallest absolute Gasteiger partial charge is 0.203 e. The molecule has 1 aromatic carbocycles. The minimum atomic E-state index is 0.565. The van der Waals surface area contributed by atoms with E-state index in [-0.39, 0.29) is 0 Å². The monoisotopic (exact) mass is 342 g/mol. The first-order valence-corrected chi connectivity index (χ1v) is 8.24. The van der Waals surface area contributed by atoms with Gasteiger partial charge in [0.1, 0.15) is 0 Å². The molecule has 1 N–H and O–H groups in total. The van der Waals surface area contributed by atoms with Crippen LogP contribution in [0.5, 0.6) is 17.2 Å². The molecule has 0 aliphatic carbocycles. The van der Waals surface area contributed by atoms with Crippen molar-refractivity contribution in [1.29, 1.82) is 0 Å².